The van der Waals surface area contributed by atoms with Gasteiger partial charge in [0.05, 0.1) is 51.5 Å². The number of hydrogen-bond donors (Lipinski definition) is 2. The molecular weight excluding hydrogens is 502 g/mol. The predicted molar refractivity (Wildman–Crippen MR) is 141 cm³/mol. The third-order valence-electron chi connectivity index (χ3n) is 7.90. The van der Waals surface area contributed by atoms with Crippen molar-refractivity contribution in [2.75, 3.05) is 0 Å². The van der Waals surface area contributed by atoms with Crippen molar-refractivity contribution < 1.29 is 29.3 Å². The van der Waals surface area contributed by atoms with Gasteiger partial charge in [-0.2, -0.15) is 0 Å². The Bertz CT molecular complexity index is 977. The molecule has 2 aliphatic rings. The number of epoxide rings is 1. The van der Waals surface area contributed by atoms with Crippen molar-refractivity contribution in [2.45, 2.75) is 110 Å². The minimum atomic E-state index is -1.27. The van der Waals surface area contributed by atoms with Crippen LogP contribution < -0.4 is 0 Å². The summed E-state index contributed by atoms with van der Waals surface area (Å²) in [6.45, 7) is 11.0. The van der Waals surface area contributed by atoms with Gasteiger partial charge in [0.1, 0.15) is 11.9 Å². The molecule has 0 amide bonds. The maximum Gasteiger partial charge on any atom is 0.309 e. The zero-order chi connectivity index (χ0) is 26.8. The lowest BCUT2D eigenvalue weighted by molar-refractivity contribution is -0.154. The van der Waals surface area contributed by atoms with Gasteiger partial charge in [0.25, 0.3) is 0 Å². The number of rotatable bonds is 3. The second-order valence-corrected chi connectivity index (χ2v) is 12.6. The first-order valence-corrected chi connectivity index (χ1v) is 14.1. The van der Waals surface area contributed by atoms with Crippen LogP contribution in [-0.2, 0) is 19.1 Å². The number of nitrogens with zero attached hydrogens (tertiary/aromatic N) is 1. The Morgan fingerprint density at radius 2 is 2.00 bits per heavy atom. The van der Waals surface area contributed by atoms with E-state index in [1.807, 2.05) is 33.1 Å². The van der Waals surface area contributed by atoms with Crippen molar-refractivity contribution in [3.05, 3.63) is 21.1 Å². The quantitative estimate of drug-likeness (QED) is 0.407. The lowest BCUT2D eigenvalue weighted by Gasteiger charge is -2.35. The normalized spacial score (nSPS) is 36.8. The van der Waals surface area contributed by atoms with E-state index >= 15 is 0 Å². The van der Waals surface area contributed by atoms with Gasteiger partial charge in [0, 0.05) is 17.7 Å². The number of ether oxygens (including phenoxy) is 2. The van der Waals surface area contributed by atoms with E-state index in [1.165, 1.54) is 11.3 Å². The van der Waals surface area contributed by atoms with Crippen LogP contribution in [0.5, 0.6) is 0 Å². The minimum absolute atomic E-state index is 0.0859. The molecule has 36 heavy (non-hydrogen) atoms. The molecule has 1 aromatic rings. The van der Waals surface area contributed by atoms with Crippen LogP contribution in [0.2, 0.25) is 0 Å². The maximum atomic E-state index is 13.4. The Labute approximate surface area is 223 Å². The van der Waals surface area contributed by atoms with Crippen LogP contribution in [0.3, 0.4) is 0 Å². The average molecular weight is 542 g/mol. The van der Waals surface area contributed by atoms with Crippen LogP contribution in [0.25, 0.3) is 6.08 Å². The van der Waals surface area contributed by atoms with Gasteiger partial charge in [-0.15, -0.1) is 11.3 Å². The maximum absolute atomic E-state index is 13.4. The summed E-state index contributed by atoms with van der Waals surface area (Å²) in [6, 6.07) is 0. The number of fused-ring (bicyclic) bond motifs is 1. The van der Waals surface area contributed by atoms with E-state index < -0.39 is 35.6 Å². The molecule has 7 atom stereocenters. The van der Waals surface area contributed by atoms with Crippen molar-refractivity contribution in [3.63, 3.8) is 0 Å². The van der Waals surface area contributed by atoms with Crippen molar-refractivity contribution in [1.29, 1.82) is 0 Å². The van der Waals surface area contributed by atoms with Gasteiger partial charge in [-0.3, -0.25) is 9.59 Å². The van der Waals surface area contributed by atoms with Crippen LogP contribution >= 0.6 is 22.9 Å². The van der Waals surface area contributed by atoms with Crippen LogP contribution in [0.4, 0.5) is 0 Å². The molecule has 202 valence electrons. The van der Waals surface area contributed by atoms with Crippen LogP contribution in [0.1, 0.15) is 83.8 Å². The summed E-state index contributed by atoms with van der Waals surface area (Å²) in [5.74, 6) is -1.61. The van der Waals surface area contributed by atoms with E-state index in [2.05, 4.69) is 4.98 Å². The highest BCUT2D eigenvalue weighted by molar-refractivity contribution is 7.09. The van der Waals surface area contributed by atoms with Crippen LogP contribution in [0, 0.1) is 24.2 Å². The number of ketones is 1. The third-order valence-corrected chi connectivity index (χ3v) is 9.04. The first-order valence-electron chi connectivity index (χ1n) is 12.9. The third kappa shape index (κ3) is 6.76. The second-order valence-electron chi connectivity index (χ2n) is 11.1. The molecule has 0 bridgehead atoms. The van der Waals surface area contributed by atoms with Gasteiger partial charge in [0.2, 0.25) is 0 Å². The number of cyclic esters (lactones) is 1. The molecule has 0 aliphatic carbocycles. The molecule has 1 unspecified atom stereocenters. The van der Waals surface area contributed by atoms with E-state index in [0.29, 0.717) is 23.6 Å². The molecule has 2 saturated heterocycles. The molecule has 3 heterocycles. The number of halogens is 1. The highest BCUT2D eigenvalue weighted by Gasteiger charge is 2.53. The molecular formula is C27H40ClNO6S. The molecule has 2 aliphatic heterocycles. The van der Waals surface area contributed by atoms with Gasteiger partial charge >= 0.3 is 5.97 Å². The highest BCUT2D eigenvalue weighted by atomic mass is 35.5. The first-order chi connectivity index (χ1) is 16.8. The Morgan fingerprint density at radius 1 is 1.31 bits per heavy atom. The number of Topliss-reactive ketones (excluding diaryl/α,β-unsaturated/α-hetero) is 1. The number of thiazole rings is 1. The van der Waals surface area contributed by atoms with E-state index in [4.69, 9.17) is 21.1 Å². The van der Waals surface area contributed by atoms with Gasteiger partial charge < -0.3 is 19.7 Å². The standard InChI is InChI=1S/C27H40ClNO6S/c1-7-18-24(32)15(2)9-8-10-27(6)22(35-27)12-20(19(28)11-17-14-36-16(3)29-17)34-23(31)13-21(30)26(4,5)25(18)33/h11,14-15,18,20-22,24,30,32H,7-10,12-13H2,1-6H3/t15-,18+,20-,21-,22-,24-,27?/m0/s1. The molecule has 3 rings (SSSR count). The Kier molecular flexibility index (Phi) is 9.42. The summed E-state index contributed by atoms with van der Waals surface area (Å²) < 4.78 is 11.8. The Hall–Kier alpha value is -1.32. The summed E-state index contributed by atoms with van der Waals surface area (Å²) >= 11 is 8.14. The van der Waals surface area contributed by atoms with E-state index in [0.717, 1.165) is 24.3 Å². The van der Waals surface area contributed by atoms with E-state index in [9.17, 15) is 19.8 Å². The molecule has 1 aromatic heterocycles. The number of esters is 1. The fourth-order valence-corrected chi connectivity index (χ4v) is 5.90. The Balaban J connectivity index is 1.87. The van der Waals surface area contributed by atoms with E-state index in [-0.39, 0.29) is 29.8 Å². The molecule has 0 spiro atoms. The SMILES string of the molecule is CC[C@H]1C(=O)C(C)(C)[C@@H](O)CC(=O)O[C@H](C(Cl)=Cc2csc(C)n2)C[C@@H]2OC2(C)CCC[C@H](C)[C@@H]1O. The Morgan fingerprint density at radius 3 is 2.61 bits per heavy atom. The molecule has 2 fully saturated rings. The molecule has 0 aromatic carbocycles. The number of aliphatic hydroxyl groups excluding tert-OH is 2. The largest absolute Gasteiger partial charge is 0.456 e. The average Bonchev–Trinajstić information content (AvgIpc) is 3.24. The van der Waals surface area contributed by atoms with Gasteiger partial charge in [-0.05, 0) is 45.1 Å². The van der Waals surface area contributed by atoms with E-state index in [1.54, 1.807) is 19.9 Å². The van der Waals surface area contributed by atoms with Crippen molar-refractivity contribution >= 4 is 40.8 Å². The van der Waals surface area contributed by atoms with Gasteiger partial charge in [0.15, 0.2) is 0 Å². The summed E-state index contributed by atoms with van der Waals surface area (Å²) in [5.41, 5.74) is -0.902. The highest BCUT2D eigenvalue weighted by Crippen LogP contribution is 2.45. The number of carbonyl (C=O) groups is 2. The number of carbonyl (C=O) groups excluding carboxylic acids is 2. The lowest BCUT2D eigenvalue weighted by Crippen LogP contribution is -2.46. The lowest BCUT2D eigenvalue weighted by atomic mass is 9.71. The smallest absolute Gasteiger partial charge is 0.309 e. The number of aliphatic hydroxyl groups is 2. The molecule has 0 saturated carbocycles. The van der Waals surface area contributed by atoms with Crippen molar-refractivity contribution in [3.8, 4) is 0 Å². The summed E-state index contributed by atoms with van der Waals surface area (Å²) in [7, 11) is 0. The molecule has 0 radical (unpaired) electrons. The van der Waals surface area contributed by atoms with Crippen molar-refractivity contribution in [1.82, 2.24) is 4.98 Å². The molecule has 2 N–H and O–H groups in total. The van der Waals surface area contributed by atoms with Gasteiger partial charge in [-0.1, -0.05) is 45.7 Å². The zero-order valence-corrected chi connectivity index (χ0v) is 23.7. The van der Waals surface area contributed by atoms with Crippen LogP contribution in [-0.4, -0.2) is 57.0 Å². The second kappa shape index (κ2) is 11.6. The monoisotopic (exact) mass is 541 g/mol. The number of aryl methyl sites for hydroxylation is 1. The number of aromatic nitrogens is 1. The molecule has 9 heteroatoms. The molecule has 7 nitrogen and oxygen atoms in total. The summed E-state index contributed by atoms with van der Waals surface area (Å²) in [4.78, 5) is 30.8. The fourth-order valence-electron chi connectivity index (χ4n) is 5.09. The summed E-state index contributed by atoms with van der Waals surface area (Å²) in [6.07, 6.45) is 1.56. The topological polar surface area (TPSA) is 109 Å². The minimum Gasteiger partial charge on any atom is -0.456 e. The zero-order valence-electron chi connectivity index (χ0n) is 22.1. The van der Waals surface area contributed by atoms with Gasteiger partial charge in [-0.25, -0.2) is 4.98 Å². The predicted octanol–water partition coefficient (Wildman–Crippen LogP) is 5.04. The van der Waals surface area contributed by atoms with Crippen LogP contribution in [0.15, 0.2) is 10.4 Å². The first kappa shape index (κ1) is 29.2. The fraction of sp³-hybridized carbons (Fsp3) is 0.741. The summed E-state index contributed by atoms with van der Waals surface area (Å²) in [5, 5.41) is 25.0. The van der Waals surface area contributed by atoms with Crippen molar-refractivity contribution in [2.24, 2.45) is 17.3 Å². The number of hydrogen-bond acceptors (Lipinski definition) is 8.